The van der Waals surface area contributed by atoms with E-state index in [4.69, 9.17) is 0 Å². The second kappa shape index (κ2) is 3.17. The number of aliphatic carboxylic acids is 1. The van der Waals surface area contributed by atoms with Gasteiger partial charge in [-0.2, -0.15) is 0 Å². The van der Waals surface area contributed by atoms with Gasteiger partial charge in [-0.1, -0.05) is 30.3 Å². The van der Waals surface area contributed by atoms with Gasteiger partial charge in [0.25, 0.3) is 0 Å². The summed E-state index contributed by atoms with van der Waals surface area (Å²) < 4.78 is 0. The molecule has 2 nitrogen and oxygen atoms in total. The molecule has 1 aromatic rings. The summed E-state index contributed by atoms with van der Waals surface area (Å²) in [5.74, 6) is 0.537. The molecule has 4 aliphatic rings. The van der Waals surface area contributed by atoms with Crippen molar-refractivity contribution < 1.29 is 9.90 Å². The molecule has 18 heavy (non-hydrogen) atoms. The number of rotatable bonds is 2. The van der Waals surface area contributed by atoms with Gasteiger partial charge in [-0.3, -0.25) is 4.79 Å². The average Bonchev–Trinajstić information content (AvgIpc) is 2.76. The van der Waals surface area contributed by atoms with Crippen molar-refractivity contribution in [3.8, 4) is 0 Å². The van der Waals surface area contributed by atoms with E-state index in [1.54, 1.807) is 0 Å². The van der Waals surface area contributed by atoms with Gasteiger partial charge >= 0.3 is 5.97 Å². The lowest BCUT2D eigenvalue weighted by atomic mass is 9.64. The minimum atomic E-state index is -0.535. The summed E-state index contributed by atoms with van der Waals surface area (Å²) in [6.07, 6.45) is 5.27. The highest BCUT2D eigenvalue weighted by Gasteiger charge is 2.67. The molecule has 0 radical (unpaired) electrons. The Labute approximate surface area is 107 Å². The summed E-state index contributed by atoms with van der Waals surface area (Å²) in [4.78, 5) is 11.7. The van der Waals surface area contributed by atoms with Gasteiger partial charge in [-0.05, 0) is 54.9 Å². The maximum Gasteiger partial charge on any atom is 0.309 e. The van der Waals surface area contributed by atoms with Crippen LogP contribution in [0.25, 0.3) is 0 Å². The van der Waals surface area contributed by atoms with E-state index >= 15 is 0 Å². The first-order chi connectivity index (χ1) is 8.65. The van der Waals surface area contributed by atoms with Crippen LogP contribution >= 0.6 is 0 Å². The average molecular weight is 242 g/mol. The topological polar surface area (TPSA) is 37.3 Å². The predicted molar refractivity (Wildman–Crippen MR) is 68.3 cm³/mol. The molecule has 4 atom stereocenters. The van der Waals surface area contributed by atoms with E-state index in [1.165, 1.54) is 12.0 Å². The number of hydrogen-bond acceptors (Lipinski definition) is 1. The predicted octanol–water partition coefficient (Wildman–Crippen LogP) is 3.22. The Bertz CT molecular complexity index is 509. The maximum absolute atomic E-state index is 11.7. The second-order valence-corrected chi connectivity index (χ2v) is 6.70. The molecular formula is C16H18O2. The number of carboxylic acids is 1. The van der Waals surface area contributed by atoms with E-state index in [1.807, 2.05) is 6.07 Å². The van der Waals surface area contributed by atoms with Crippen LogP contribution in [-0.4, -0.2) is 11.1 Å². The van der Waals surface area contributed by atoms with Gasteiger partial charge in [0.2, 0.25) is 0 Å². The SMILES string of the molecule is O=C(O)C12CC3CC1CC(c1ccccc1)(C3)C2. The number of hydrogen-bond donors (Lipinski definition) is 1. The van der Waals surface area contributed by atoms with Crippen LogP contribution < -0.4 is 0 Å². The Kier molecular flexibility index (Phi) is 1.87. The first-order valence-corrected chi connectivity index (χ1v) is 6.94. The van der Waals surface area contributed by atoms with Crippen molar-refractivity contribution in [1.29, 1.82) is 0 Å². The van der Waals surface area contributed by atoms with Gasteiger partial charge in [0.15, 0.2) is 0 Å². The zero-order valence-corrected chi connectivity index (χ0v) is 10.4. The lowest BCUT2D eigenvalue weighted by molar-refractivity contribution is -0.151. The van der Waals surface area contributed by atoms with Gasteiger partial charge in [-0.15, -0.1) is 0 Å². The van der Waals surface area contributed by atoms with Crippen LogP contribution in [0.15, 0.2) is 30.3 Å². The van der Waals surface area contributed by atoms with E-state index in [0.29, 0.717) is 11.8 Å². The standard InChI is InChI=1S/C16H18O2/c17-14(18)16-8-11-6-13(16)9-15(7-11,10-16)12-4-2-1-3-5-12/h1-5,11,13H,6-10H2,(H,17,18). The summed E-state index contributed by atoms with van der Waals surface area (Å²) >= 11 is 0. The molecular weight excluding hydrogens is 224 g/mol. The number of carbonyl (C=O) groups is 1. The number of carboxylic acid groups (broad SMARTS) is 1. The minimum Gasteiger partial charge on any atom is -0.481 e. The molecule has 5 rings (SSSR count). The summed E-state index contributed by atoms with van der Waals surface area (Å²) in [6, 6.07) is 10.6. The summed E-state index contributed by atoms with van der Waals surface area (Å²) in [5.41, 5.74) is 1.16. The zero-order valence-electron chi connectivity index (χ0n) is 10.4. The van der Waals surface area contributed by atoms with Crippen LogP contribution in [0, 0.1) is 17.3 Å². The summed E-state index contributed by atoms with van der Waals surface area (Å²) in [6.45, 7) is 0. The highest BCUT2D eigenvalue weighted by molar-refractivity contribution is 5.77. The molecule has 4 unspecified atom stereocenters. The van der Waals surface area contributed by atoms with Gasteiger partial charge in [0.1, 0.15) is 0 Å². The molecule has 2 heteroatoms. The molecule has 0 aromatic heterocycles. The minimum absolute atomic E-state index is 0.172. The highest BCUT2D eigenvalue weighted by atomic mass is 16.4. The molecule has 4 saturated carbocycles. The molecule has 4 bridgehead atoms. The Morgan fingerprint density at radius 2 is 1.94 bits per heavy atom. The molecule has 0 aliphatic heterocycles. The second-order valence-electron chi connectivity index (χ2n) is 6.70. The third kappa shape index (κ3) is 1.12. The Balaban J connectivity index is 1.81. The van der Waals surface area contributed by atoms with Crippen molar-refractivity contribution in [3.63, 3.8) is 0 Å². The monoisotopic (exact) mass is 242 g/mol. The van der Waals surface area contributed by atoms with Crippen LogP contribution in [0.3, 0.4) is 0 Å². The van der Waals surface area contributed by atoms with E-state index in [-0.39, 0.29) is 5.41 Å². The molecule has 1 aromatic carbocycles. The first kappa shape index (κ1) is 10.6. The van der Waals surface area contributed by atoms with Crippen molar-refractivity contribution in [3.05, 3.63) is 35.9 Å². The molecule has 0 heterocycles. The first-order valence-electron chi connectivity index (χ1n) is 6.94. The summed E-state index contributed by atoms with van der Waals surface area (Å²) in [7, 11) is 0. The third-order valence-electron chi connectivity index (χ3n) is 5.83. The van der Waals surface area contributed by atoms with E-state index in [0.717, 1.165) is 25.7 Å². The quantitative estimate of drug-likeness (QED) is 0.864. The Morgan fingerprint density at radius 1 is 1.17 bits per heavy atom. The van der Waals surface area contributed by atoms with Crippen LogP contribution in [-0.2, 0) is 10.2 Å². The Morgan fingerprint density at radius 3 is 2.61 bits per heavy atom. The largest absolute Gasteiger partial charge is 0.481 e. The fourth-order valence-corrected chi connectivity index (χ4v) is 5.37. The fourth-order valence-electron chi connectivity index (χ4n) is 5.37. The van der Waals surface area contributed by atoms with E-state index in [2.05, 4.69) is 24.3 Å². The Hall–Kier alpha value is -1.31. The lowest BCUT2D eigenvalue weighted by Crippen LogP contribution is -2.37. The third-order valence-corrected chi connectivity index (χ3v) is 5.83. The molecule has 4 aliphatic carbocycles. The highest BCUT2D eigenvalue weighted by Crippen LogP contribution is 2.70. The van der Waals surface area contributed by atoms with Gasteiger partial charge in [-0.25, -0.2) is 0 Å². The van der Waals surface area contributed by atoms with E-state index < -0.39 is 11.4 Å². The normalized spacial score (nSPS) is 44.4. The van der Waals surface area contributed by atoms with Crippen LogP contribution in [0.4, 0.5) is 0 Å². The van der Waals surface area contributed by atoms with Crippen LogP contribution in [0.5, 0.6) is 0 Å². The van der Waals surface area contributed by atoms with Crippen molar-refractivity contribution >= 4 is 5.97 Å². The van der Waals surface area contributed by atoms with E-state index in [9.17, 15) is 9.90 Å². The van der Waals surface area contributed by atoms with Crippen LogP contribution in [0.2, 0.25) is 0 Å². The molecule has 0 amide bonds. The molecule has 94 valence electrons. The molecule has 1 N–H and O–H groups in total. The molecule has 4 fully saturated rings. The molecule has 0 spiro atoms. The maximum atomic E-state index is 11.7. The van der Waals surface area contributed by atoms with Crippen molar-refractivity contribution in [2.45, 2.75) is 37.5 Å². The van der Waals surface area contributed by atoms with Crippen molar-refractivity contribution in [2.75, 3.05) is 0 Å². The van der Waals surface area contributed by atoms with Crippen molar-refractivity contribution in [1.82, 2.24) is 0 Å². The zero-order chi connectivity index (χ0) is 12.4. The van der Waals surface area contributed by atoms with Crippen LogP contribution in [0.1, 0.15) is 37.7 Å². The summed E-state index contributed by atoms with van der Waals surface area (Å²) in [5, 5.41) is 9.67. The smallest absolute Gasteiger partial charge is 0.309 e. The van der Waals surface area contributed by atoms with Gasteiger partial charge in [0.05, 0.1) is 5.41 Å². The van der Waals surface area contributed by atoms with Gasteiger partial charge < -0.3 is 5.11 Å². The van der Waals surface area contributed by atoms with Crippen molar-refractivity contribution in [2.24, 2.45) is 17.3 Å². The lowest BCUT2D eigenvalue weighted by Gasteiger charge is -2.40. The molecule has 0 saturated heterocycles. The van der Waals surface area contributed by atoms with Gasteiger partial charge in [0, 0.05) is 0 Å². The number of benzene rings is 1. The fraction of sp³-hybridized carbons (Fsp3) is 0.562.